The van der Waals surface area contributed by atoms with Gasteiger partial charge in [0, 0.05) is 13.1 Å². The van der Waals surface area contributed by atoms with E-state index in [2.05, 4.69) is 18.8 Å². The molecule has 0 atom stereocenters. The Morgan fingerprint density at radius 2 is 2.00 bits per heavy atom. The van der Waals surface area contributed by atoms with E-state index < -0.39 is 5.97 Å². The van der Waals surface area contributed by atoms with Gasteiger partial charge in [-0.1, -0.05) is 13.8 Å². The van der Waals surface area contributed by atoms with E-state index in [4.69, 9.17) is 9.15 Å². The Kier molecular flexibility index (Phi) is 5.52. The zero-order valence-corrected chi connectivity index (χ0v) is 10.7. The van der Waals surface area contributed by atoms with Crippen molar-refractivity contribution in [1.29, 1.82) is 0 Å². The molecule has 1 rings (SSSR count). The summed E-state index contributed by atoms with van der Waals surface area (Å²) in [5.41, 5.74) is 0.235. The number of nitrogens with zero attached hydrogens (tertiary/aromatic N) is 2. The minimum atomic E-state index is -0.435. The van der Waals surface area contributed by atoms with Gasteiger partial charge in [0.1, 0.15) is 6.26 Å². The number of hydrogen-bond acceptors (Lipinski definition) is 5. The highest BCUT2D eigenvalue weighted by Gasteiger charge is 2.16. The number of anilines is 1. The van der Waals surface area contributed by atoms with Gasteiger partial charge in [0.15, 0.2) is 5.69 Å². The molecule has 0 unspecified atom stereocenters. The topological polar surface area (TPSA) is 55.6 Å². The Labute approximate surface area is 102 Å². The maximum absolute atomic E-state index is 11.4. The highest BCUT2D eigenvalue weighted by atomic mass is 16.5. The Balaban J connectivity index is 2.73. The molecule has 0 saturated carbocycles. The van der Waals surface area contributed by atoms with Crippen molar-refractivity contribution in [3.8, 4) is 0 Å². The zero-order chi connectivity index (χ0) is 12.7. The summed E-state index contributed by atoms with van der Waals surface area (Å²) in [6.07, 6.45) is 3.37. The van der Waals surface area contributed by atoms with Crippen LogP contribution in [0.25, 0.3) is 0 Å². The maximum Gasteiger partial charge on any atom is 0.360 e. The van der Waals surface area contributed by atoms with Crippen molar-refractivity contribution in [2.24, 2.45) is 0 Å². The fraction of sp³-hybridized carbons (Fsp3) is 0.667. The van der Waals surface area contributed by atoms with Crippen molar-refractivity contribution < 1.29 is 13.9 Å². The summed E-state index contributed by atoms with van der Waals surface area (Å²) in [5, 5.41) is 0. The molecule has 1 aromatic rings. The maximum atomic E-state index is 11.4. The summed E-state index contributed by atoms with van der Waals surface area (Å²) in [6, 6.07) is 0.497. The van der Waals surface area contributed by atoms with E-state index in [1.165, 1.54) is 6.26 Å². The van der Waals surface area contributed by atoms with Crippen molar-refractivity contribution in [3.05, 3.63) is 12.0 Å². The highest BCUT2D eigenvalue weighted by Crippen LogP contribution is 2.15. The monoisotopic (exact) mass is 240 g/mol. The van der Waals surface area contributed by atoms with Gasteiger partial charge in [-0.2, -0.15) is 4.98 Å². The first kappa shape index (κ1) is 13.5. The van der Waals surface area contributed by atoms with E-state index in [1.807, 2.05) is 4.90 Å². The molecule has 0 fully saturated rings. The van der Waals surface area contributed by atoms with E-state index in [0.29, 0.717) is 12.6 Å². The molecule has 0 N–H and O–H groups in total. The first-order valence-corrected chi connectivity index (χ1v) is 6.10. The molecule has 0 aromatic carbocycles. The second-order valence-electron chi connectivity index (χ2n) is 3.72. The molecule has 0 saturated heterocycles. The summed E-state index contributed by atoms with van der Waals surface area (Å²) in [6.45, 7) is 8.04. The SMILES string of the molecule is CCCN(CCC)c1nc(C(=O)OCC)co1. The Bertz CT molecular complexity index is 343. The Morgan fingerprint density at radius 3 is 2.53 bits per heavy atom. The molecule has 1 heterocycles. The van der Waals surface area contributed by atoms with Gasteiger partial charge in [-0.05, 0) is 19.8 Å². The second-order valence-corrected chi connectivity index (χ2v) is 3.72. The van der Waals surface area contributed by atoms with Crippen LogP contribution in [0, 0.1) is 0 Å². The molecule has 0 aliphatic rings. The first-order chi connectivity index (χ1) is 8.22. The van der Waals surface area contributed by atoms with E-state index in [1.54, 1.807) is 6.92 Å². The molecule has 1 aromatic heterocycles. The smallest absolute Gasteiger partial charge is 0.360 e. The average molecular weight is 240 g/mol. The van der Waals surface area contributed by atoms with Gasteiger partial charge in [-0.25, -0.2) is 4.79 Å². The number of carbonyl (C=O) groups excluding carboxylic acids is 1. The Morgan fingerprint density at radius 1 is 1.35 bits per heavy atom. The molecule has 0 aliphatic heterocycles. The van der Waals surface area contributed by atoms with Gasteiger partial charge in [-0.15, -0.1) is 0 Å². The molecule has 0 amide bonds. The second kappa shape index (κ2) is 6.93. The van der Waals surface area contributed by atoms with Gasteiger partial charge in [0.05, 0.1) is 6.61 Å². The minimum absolute atomic E-state index is 0.235. The first-order valence-electron chi connectivity index (χ1n) is 6.10. The highest BCUT2D eigenvalue weighted by molar-refractivity contribution is 5.87. The van der Waals surface area contributed by atoms with Crippen LogP contribution in [-0.2, 0) is 4.74 Å². The molecule has 0 radical (unpaired) electrons. The number of hydrogen-bond donors (Lipinski definition) is 0. The van der Waals surface area contributed by atoms with Crippen LogP contribution >= 0.6 is 0 Å². The van der Waals surface area contributed by atoms with Gasteiger partial charge in [0.25, 0.3) is 6.01 Å². The van der Waals surface area contributed by atoms with Crippen molar-refractivity contribution in [3.63, 3.8) is 0 Å². The molecule has 5 nitrogen and oxygen atoms in total. The number of oxazole rings is 1. The largest absolute Gasteiger partial charge is 0.461 e. The number of esters is 1. The fourth-order valence-corrected chi connectivity index (χ4v) is 1.55. The molecule has 5 heteroatoms. The van der Waals surface area contributed by atoms with Crippen LogP contribution in [0.15, 0.2) is 10.7 Å². The van der Waals surface area contributed by atoms with Crippen LogP contribution in [0.4, 0.5) is 6.01 Å². The fourth-order valence-electron chi connectivity index (χ4n) is 1.55. The molecule has 0 aliphatic carbocycles. The van der Waals surface area contributed by atoms with Crippen LogP contribution in [0.3, 0.4) is 0 Å². The van der Waals surface area contributed by atoms with E-state index in [9.17, 15) is 4.79 Å². The normalized spacial score (nSPS) is 10.3. The van der Waals surface area contributed by atoms with Gasteiger partial charge in [0.2, 0.25) is 0 Å². The third-order valence-electron chi connectivity index (χ3n) is 2.23. The lowest BCUT2D eigenvalue weighted by atomic mass is 10.4. The third kappa shape index (κ3) is 3.76. The van der Waals surface area contributed by atoms with Crippen LogP contribution in [-0.4, -0.2) is 30.6 Å². The van der Waals surface area contributed by atoms with Crippen LogP contribution in [0.2, 0.25) is 0 Å². The van der Waals surface area contributed by atoms with Gasteiger partial charge < -0.3 is 14.1 Å². The van der Waals surface area contributed by atoms with Crippen molar-refractivity contribution >= 4 is 12.0 Å². The van der Waals surface area contributed by atoms with Gasteiger partial charge >= 0.3 is 5.97 Å². The number of carbonyl (C=O) groups is 1. The lowest BCUT2D eigenvalue weighted by Crippen LogP contribution is -2.25. The predicted octanol–water partition coefficient (Wildman–Crippen LogP) is 2.48. The molecule has 96 valence electrons. The van der Waals surface area contributed by atoms with Crippen molar-refractivity contribution in [1.82, 2.24) is 4.98 Å². The van der Waals surface area contributed by atoms with Crippen LogP contribution < -0.4 is 4.90 Å². The minimum Gasteiger partial charge on any atom is -0.461 e. The van der Waals surface area contributed by atoms with Gasteiger partial charge in [-0.3, -0.25) is 0 Å². The van der Waals surface area contributed by atoms with Crippen LogP contribution in [0.1, 0.15) is 44.1 Å². The van der Waals surface area contributed by atoms with Crippen molar-refractivity contribution in [2.45, 2.75) is 33.6 Å². The number of aromatic nitrogens is 1. The number of rotatable bonds is 7. The molecular weight excluding hydrogens is 220 g/mol. The predicted molar refractivity (Wildman–Crippen MR) is 65.3 cm³/mol. The molecule has 0 bridgehead atoms. The molecule has 17 heavy (non-hydrogen) atoms. The quantitative estimate of drug-likeness (QED) is 0.685. The van der Waals surface area contributed by atoms with Crippen LogP contribution in [0.5, 0.6) is 0 Å². The molecule has 0 spiro atoms. The lowest BCUT2D eigenvalue weighted by molar-refractivity contribution is 0.0519. The Hall–Kier alpha value is -1.52. The summed E-state index contributed by atoms with van der Waals surface area (Å²) < 4.78 is 10.2. The summed E-state index contributed by atoms with van der Waals surface area (Å²) in [4.78, 5) is 17.6. The van der Waals surface area contributed by atoms with E-state index in [-0.39, 0.29) is 5.69 Å². The zero-order valence-electron chi connectivity index (χ0n) is 10.7. The summed E-state index contributed by atoms with van der Waals surface area (Å²) in [5.74, 6) is -0.435. The van der Waals surface area contributed by atoms with E-state index >= 15 is 0 Å². The molecular formula is C12H20N2O3. The third-order valence-corrected chi connectivity index (χ3v) is 2.23. The lowest BCUT2D eigenvalue weighted by Gasteiger charge is -2.18. The van der Waals surface area contributed by atoms with Crippen molar-refractivity contribution in [2.75, 3.05) is 24.6 Å². The van der Waals surface area contributed by atoms with E-state index in [0.717, 1.165) is 25.9 Å². The summed E-state index contributed by atoms with van der Waals surface area (Å²) >= 11 is 0. The number of ether oxygens (including phenoxy) is 1. The standard InChI is InChI=1S/C12H20N2O3/c1-4-7-14(8-5-2)12-13-10(9-17-12)11(15)16-6-3/h9H,4-8H2,1-3H3. The summed E-state index contributed by atoms with van der Waals surface area (Å²) in [7, 11) is 0. The average Bonchev–Trinajstić information content (AvgIpc) is 2.78.